The number of methoxy groups -OCH3 is 1. The van der Waals surface area contributed by atoms with Crippen molar-refractivity contribution in [2.45, 2.75) is 13.5 Å². The van der Waals surface area contributed by atoms with Gasteiger partial charge in [-0.15, -0.1) is 0 Å². The van der Waals surface area contributed by atoms with Crippen molar-refractivity contribution in [3.05, 3.63) is 88.4 Å². The Bertz CT molecular complexity index is 1110. The first-order valence-corrected chi connectivity index (χ1v) is 10.1. The van der Waals surface area contributed by atoms with Gasteiger partial charge in [0.05, 0.1) is 13.3 Å². The normalized spacial score (nSPS) is 10.6. The van der Waals surface area contributed by atoms with Crippen molar-refractivity contribution in [1.82, 2.24) is 5.43 Å². The number of carbonyl (C=O) groups excluding carboxylic acids is 2. The minimum absolute atomic E-state index is 0.354. The van der Waals surface area contributed by atoms with E-state index < -0.39 is 11.8 Å². The van der Waals surface area contributed by atoms with Gasteiger partial charge in [-0.25, -0.2) is 5.43 Å². The first kappa shape index (κ1) is 22.8. The Balaban J connectivity index is 1.55. The van der Waals surface area contributed by atoms with Crippen molar-refractivity contribution in [1.29, 1.82) is 0 Å². The Morgan fingerprint density at radius 1 is 0.969 bits per heavy atom. The molecule has 0 unspecified atom stereocenters. The third-order valence-corrected chi connectivity index (χ3v) is 4.64. The van der Waals surface area contributed by atoms with E-state index in [9.17, 15) is 9.59 Å². The molecule has 3 aromatic rings. The highest BCUT2D eigenvalue weighted by Gasteiger charge is 2.12. The molecule has 0 saturated heterocycles. The standard InChI is InChI=1S/C24H22ClN3O4/c1-16-3-10-20(11-4-16)27-23(29)24(30)28-26-14-18-7-12-21(22(13-18)31-2)32-15-17-5-8-19(25)9-6-17/h3-14H,15H2,1-2H3,(H,27,29)(H,28,30). The number of amides is 2. The van der Waals surface area contributed by atoms with Crippen molar-refractivity contribution >= 4 is 35.3 Å². The highest BCUT2D eigenvalue weighted by atomic mass is 35.5. The summed E-state index contributed by atoms with van der Waals surface area (Å²) in [6.07, 6.45) is 1.41. The Morgan fingerprint density at radius 3 is 2.38 bits per heavy atom. The fourth-order valence-corrected chi connectivity index (χ4v) is 2.79. The average Bonchev–Trinajstić information content (AvgIpc) is 2.80. The van der Waals surface area contributed by atoms with E-state index >= 15 is 0 Å². The van der Waals surface area contributed by atoms with Crippen LogP contribution in [-0.4, -0.2) is 25.1 Å². The second-order valence-corrected chi connectivity index (χ2v) is 7.28. The van der Waals surface area contributed by atoms with Crippen molar-refractivity contribution < 1.29 is 19.1 Å². The number of ether oxygens (including phenoxy) is 2. The van der Waals surface area contributed by atoms with E-state index in [4.69, 9.17) is 21.1 Å². The second-order valence-electron chi connectivity index (χ2n) is 6.84. The smallest absolute Gasteiger partial charge is 0.329 e. The molecule has 0 atom stereocenters. The average molecular weight is 452 g/mol. The number of hydrazone groups is 1. The molecule has 3 aromatic carbocycles. The maximum atomic E-state index is 12.0. The fourth-order valence-electron chi connectivity index (χ4n) is 2.67. The largest absolute Gasteiger partial charge is 0.493 e. The van der Waals surface area contributed by atoms with Crippen LogP contribution in [0.2, 0.25) is 5.02 Å². The molecule has 0 spiro atoms. The van der Waals surface area contributed by atoms with E-state index in [1.807, 2.05) is 31.2 Å². The number of rotatable bonds is 7. The Hall–Kier alpha value is -3.84. The highest BCUT2D eigenvalue weighted by Crippen LogP contribution is 2.28. The van der Waals surface area contributed by atoms with Crippen LogP contribution in [0.5, 0.6) is 11.5 Å². The van der Waals surface area contributed by atoms with Crippen LogP contribution in [0, 0.1) is 6.92 Å². The van der Waals surface area contributed by atoms with Gasteiger partial charge in [-0.2, -0.15) is 5.10 Å². The monoisotopic (exact) mass is 451 g/mol. The zero-order chi connectivity index (χ0) is 22.9. The lowest BCUT2D eigenvalue weighted by molar-refractivity contribution is -0.136. The van der Waals surface area contributed by atoms with E-state index in [0.29, 0.717) is 34.4 Å². The molecular formula is C24H22ClN3O4. The Morgan fingerprint density at radius 2 is 1.69 bits per heavy atom. The van der Waals surface area contributed by atoms with Gasteiger partial charge in [-0.05, 0) is 60.5 Å². The van der Waals surface area contributed by atoms with Gasteiger partial charge < -0.3 is 14.8 Å². The molecule has 32 heavy (non-hydrogen) atoms. The Kier molecular flexibility index (Phi) is 7.83. The summed E-state index contributed by atoms with van der Waals surface area (Å²) in [5, 5.41) is 7.00. The number of benzene rings is 3. The lowest BCUT2D eigenvalue weighted by Gasteiger charge is -2.11. The van der Waals surface area contributed by atoms with Crippen LogP contribution < -0.4 is 20.2 Å². The van der Waals surface area contributed by atoms with E-state index in [1.165, 1.54) is 13.3 Å². The number of anilines is 1. The summed E-state index contributed by atoms with van der Waals surface area (Å²) in [4.78, 5) is 23.9. The summed E-state index contributed by atoms with van der Waals surface area (Å²) >= 11 is 5.89. The number of hydrogen-bond donors (Lipinski definition) is 2. The number of carbonyl (C=O) groups is 2. The second kappa shape index (κ2) is 11.0. The molecule has 7 nitrogen and oxygen atoms in total. The third-order valence-electron chi connectivity index (χ3n) is 4.39. The van der Waals surface area contributed by atoms with E-state index in [0.717, 1.165) is 11.1 Å². The lowest BCUT2D eigenvalue weighted by atomic mass is 10.2. The molecule has 0 saturated carbocycles. The SMILES string of the molecule is COc1cc(C=NNC(=O)C(=O)Nc2ccc(C)cc2)ccc1OCc1ccc(Cl)cc1. The van der Waals surface area contributed by atoms with Gasteiger partial charge in [0.25, 0.3) is 0 Å². The number of hydrogen-bond acceptors (Lipinski definition) is 5. The molecule has 0 radical (unpaired) electrons. The predicted octanol–water partition coefficient (Wildman–Crippen LogP) is 4.32. The van der Waals surface area contributed by atoms with Gasteiger partial charge in [0, 0.05) is 10.7 Å². The zero-order valence-corrected chi connectivity index (χ0v) is 18.3. The summed E-state index contributed by atoms with van der Waals surface area (Å²) < 4.78 is 11.2. The van der Waals surface area contributed by atoms with Crippen LogP contribution in [-0.2, 0) is 16.2 Å². The quantitative estimate of drug-likeness (QED) is 0.318. The van der Waals surface area contributed by atoms with Crippen molar-refractivity contribution in [3.8, 4) is 11.5 Å². The molecule has 2 amide bonds. The number of nitrogens with zero attached hydrogens (tertiary/aromatic N) is 1. The molecule has 2 N–H and O–H groups in total. The maximum absolute atomic E-state index is 12.0. The predicted molar refractivity (Wildman–Crippen MR) is 124 cm³/mol. The van der Waals surface area contributed by atoms with Crippen LogP contribution >= 0.6 is 11.6 Å². The molecule has 8 heteroatoms. The summed E-state index contributed by atoms with van der Waals surface area (Å²) in [5.74, 6) is -0.626. The van der Waals surface area contributed by atoms with Gasteiger partial charge in [-0.1, -0.05) is 41.4 Å². The van der Waals surface area contributed by atoms with Gasteiger partial charge >= 0.3 is 11.8 Å². The van der Waals surface area contributed by atoms with Crippen molar-refractivity contribution in [2.75, 3.05) is 12.4 Å². The Labute approximate surface area is 191 Å². The van der Waals surface area contributed by atoms with Crippen LogP contribution in [0.15, 0.2) is 71.8 Å². The number of nitrogens with one attached hydrogen (secondary N) is 2. The molecule has 0 aliphatic carbocycles. The van der Waals surface area contributed by atoms with E-state index in [2.05, 4.69) is 15.8 Å². The van der Waals surface area contributed by atoms with Gasteiger partial charge in [0.1, 0.15) is 6.61 Å². The minimum atomic E-state index is -0.878. The zero-order valence-electron chi connectivity index (χ0n) is 17.6. The van der Waals surface area contributed by atoms with Gasteiger partial charge in [-0.3, -0.25) is 9.59 Å². The fraction of sp³-hybridized carbons (Fsp3) is 0.125. The summed E-state index contributed by atoms with van der Waals surface area (Å²) in [6, 6.07) is 19.7. The molecule has 0 bridgehead atoms. The lowest BCUT2D eigenvalue weighted by Crippen LogP contribution is -2.32. The van der Waals surface area contributed by atoms with Gasteiger partial charge in [0.15, 0.2) is 11.5 Å². The molecule has 0 aromatic heterocycles. The van der Waals surface area contributed by atoms with Crippen LogP contribution in [0.3, 0.4) is 0 Å². The molecule has 0 fully saturated rings. The number of aryl methyl sites for hydroxylation is 1. The van der Waals surface area contributed by atoms with Crippen LogP contribution in [0.4, 0.5) is 5.69 Å². The van der Waals surface area contributed by atoms with Crippen LogP contribution in [0.1, 0.15) is 16.7 Å². The van der Waals surface area contributed by atoms with Crippen LogP contribution in [0.25, 0.3) is 0 Å². The van der Waals surface area contributed by atoms with E-state index in [-0.39, 0.29) is 0 Å². The molecule has 0 aliphatic heterocycles. The van der Waals surface area contributed by atoms with E-state index in [1.54, 1.807) is 42.5 Å². The first-order chi connectivity index (χ1) is 15.4. The molecule has 0 heterocycles. The van der Waals surface area contributed by atoms with Crippen molar-refractivity contribution in [2.24, 2.45) is 5.10 Å². The summed E-state index contributed by atoms with van der Waals surface area (Å²) in [7, 11) is 1.53. The highest BCUT2D eigenvalue weighted by molar-refractivity contribution is 6.39. The summed E-state index contributed by atoms with van der Waals surface area (Å²) in [6.45, 7) is 2.29. The molecular weight excluding hydrogens is 430 g/mol. The molecule has 164 valence electrons. The van der Waals surface area contributed by atoms with Gasteiger partial charge in [0.2, 0.25) is 0 Å². The molecule has 3 rings (SSSR count). The topological polar surface area (TPSA) is 89.0 Å². The third kappa shape index (κ3) is 6.58. The minimum Gasteiger partial charge on any atom is -0.493 e. The summed E-state index contributed by atoms with van der Waals surface area (Å²) in [5.41, 5.74) is 5.40. The first-order valence-electron chi connectivity index (χ1n) is 9.71. The van der Waals surface area contributed by atoms with Crippen molar-refractivity contribution in [3.63, 3.8) is 0 Å². The molecule has 0 aliphatic rings. The number of halogens is 1. The maximum Gasteiger partial charge on any atom is 0.329 e.